The van der Waals surface area contributed by atoms with Crippen LogP contribution in [0.15, 0.2) is 48.3 Å². The van der Waals surface area contributed by atoms with Gasteiger partial charge in [0.25, 0.3) is 0 Å². The van der Waals surface area contributed by atoms with Crippen LogP contribution in [0.2, 0.25) is 0 Å². The number of ether oxygens (including phenoxy) is 1. The molecule has 0 radical (unpaired) electrons. The molecular formula is C37H58O3. The standard InChI is InChI=1S/C37H58O3/c1-15-31(38)40-30-20-21-37(36(13,14)19-5,24-29(30)35(11,12)18-4)25(6)27-22-26(33(7,8)16-2)23-28(32(27)39)34(9,10)17-3/h15,20-23,25,39H,1,16-19,24H2,2-14H3. The van der Waals surface area contributed by atoms with Crippen LogP contribution in [0.25, 0.3) is 0 Å². The maximum absolute atomic E-state index is 12.3. The van der Waals surface area contributed by atoms with Crippen LogP contribution in [0, 0.1) is 16.2 Å². The lowest BCUT2D eigenvalue weighted by atomic mass is 9.51. The molecule has 0 amide bonds. The lowest BCUT2D eigenvalue weighted by Gasteiger charge is -2.53. The van der Waals surface area contributed by atoms with E-state index < -0.39 is 5.97 Å². The molecule has 1 aromatic carbocycles. The summed E-state index contributed by atoms with van der Waals surface area (Å²) < 4.78 is 5.83. The Balaban J connectivity index is 2.95. The number of rotatable bonds is 12. The van der Waals surface area contributed by atoms with Gasteiger partial charge in [-0.05, 0) is 76.0 Å². The molecule has 3 heteroatoms. The van der Waals surface area contributed by atoms with E-state index in [1.807, 2.05) is 6.08 Å². The molecule has 0 saturated heterocycles. The third-order valence-corrected chi connectivity index (χ3v) is 11.2. The molecule has 0 aliphatic heterocycles. The fourth-order valence-corrected chi connectivity index (χ4v) is 6.04. The summed E-state index contributed by atoms with van der Waals surface area (Å²) >= 11 is 0. The molecule has 0 fully saturated rings. The highest BCUT2D eigenvalue weighted by Gasteiger charge is 2.51. The molecule has 224 valence electrons. The van der Waals surface area contributed by atoms with E-state index in [0.29, 0.717) is 11.5 Å². The number of phenols is 1. The highest BCUT2D eigenvalue weighted by Crippen LogP contribution is 2.61. The van der Waals surface area contributed by atoms with E-state index in [1.54, 1.807) is 0 Å². The van der Waals surface area contributed by atoms with Gasteiger partial charge in [0.05, 0.1) is 0 Å². The number of benzene rings is 1. The van der Waals surface area contributed by atoms with Crippen LogP contribution in [0.3, 0.4) is 0 Å². The van der Waals surface area contributed by atoms with Gasteiger partial charge in [-0.3, -0.25) is 0 Å². The summed E-state index contributed by atoms with van der Waals surface area (Å²) in [5, 5.41) is 12.0. The normalized spacial score (nSPS) is 19.5. The molecule has 0 heterocycles. The zero-order valence-corrected chi connectivity index (χ0v) is 28.0. The smallest absolute Gasteiger partial charge is 0.335 e. The lowest BCUT2D eigenvalue weighted by Crippen LogP contribution is -2.43. The Morgan fingerprint density at radius 1 is 0.950 bits per heavy atom. The average molecular weight is 551 g/mol. The number of hydrogen-bond donors (Lipinski definition) is 1. The Morgan fingerprint density at radius 2 is 1.50 bits per heavy atom. The minimum Gasteiger partial charge on any atom is -0.507 e. The number of phenolic OH excluding ortho intramolecular Hbond substituents is 1. The average Bonchev–Trinajstić information content (AvgIpc) is 2.92. The molecule has 1 aromatic rings. The minimum absolute atomic E-state index is 0.0111. The summed E-state index contributed by atoms with van der Waals surface area (Å²) in [5.41, 5.74) is 3.73. The van der Waals surface area contributed by atoms with Crippen molar-refractivity contribution in [3.63, 3.8) is 0 Å². The Hall–Kier alpha value is -2.29. The second kappa shape index (κ2) is 11.9. The van der Waals surface area contributed by atoms with Gasteiger partial charge >= 0.3 is 5.97 Å². The molecule has 0 saturated carbocycles. The molecule has 1 aliphatic carbocycles. The van der Waals surface area contributed by atoms with Crippen molar-refractivity contribution in [1.82, 2.24) is 0 Å². The summed E-state index contributed by atoms with van der Waals surface area (Å²) in [6.07, 6.45) is 10.1. The van der Waals surface area contributed by atoms with Crippen molar-refractivity contribution in [2.45, 2.75) is 139 Å². The maximum Gasteiger partial charge on any atom is 0.335 e. The second-order valence-corrected chi connectivity index (χ2v) is 14.7. The first-order valence-corrected chi connectivity index (χ1v) is 15.5. The molecule has 3 nitrogen and oxygen atoms in total. The zero-order chi connectivity index (χ0) is 30.9. The topological polar surface area (TPSA) is 46.5 Å². The van der Waals surface area contributed by atoms with Gasteiger partial charge in [0.15, 0.2) is 0 Å². The van der Waals surface area contributed by atoms with Crippen LogP contribution in [0.5, 0.6) is 5.75 Å². The van der Waals surface area contributed by atoms with Gasteiger partial charge < -0.3 is 9.84 Å². The molecule has 0 spiro atoms. The monoisotopic (exact) mass is 550 g/mol. The van der Waals surface area contributed by atoms with E-state index in [9.17, 15) is 9.90 Å². The molecule has 1 aliphatic rings. The van der Waals surface area contributed by atoms with Gasteiger partial charge in [0.1, 0.15) is 11.5 Å². The van der Waals surface area contributed by atoms with Crippen molar-refractivity contribution in [1.29, 1.82) is 0 Å². The highest BCUT2D eigenvalue weighted by atomic mass is 16.5. The lowest BCUT2D eigenvalue weighted by molar-refractivity contribution is -0.133. The van der Waals surface area contributed by atoms with Gasteiger partial charge in [0.2, 0.25) is 0 Å². The quantitative estimate of drug-likeness (QED) is 0.208. The van der Waals surface area contributed by atoms with E-state index >= 15 is 0 Å². The molecular weight excluding hydrogens is 492 g/mol. The molecule has 40 heavy (non-hydrogen) atoms. The van der Waals surface area contributed by atoms with E-state index in [1.165, 1.54) is 11.6 Å². The van der Waals surface area contributed by atoms with Crippen molar-refractivity contribution in [2.24, 2.45) is 16.2 Å². The number of esters is 1. The van der Waals surface area contributed by atoms with Crippen LogP contribution in [-0.4, -0.2) is 11.1 Å². The molecule has 2 unspecified atom stereocenters. The van der Waals surface area contributed by atoms with Crippen LogP contribution in [-0.2, 0) is 20.4 Å². The predicted molar refractivity (Wildman–Crippen MR) is 171 cm³/mol. The zero-order valence-electron chi connectivity index (χ0n) is 28.0. The van der Waals surface area contributed by atoms with Crippen molar-refractivity contribution in [3.05, 3.63) is 65.0 Å². The third kappa shape index (κ3) is 6.14. The fraction of sp³-hybridized carbons (Fsp3) is 0.649. The summed E-state index contributed by atoms with van der Waals surface area (Å²) in [4.78, 5) is 12.3. The minimum atomic E-state index is -0.432. The van der Waals surface area contributed by atoms with Crippen molar-refractivity contribution in [2.75, 3.05) is 0 Å². The summed E-state index contributed by atoms with van der Waals surface area (Å²) in [7, 11) is 0. The van der Waals surface area contributed by atoms with E-state index in [-0.39, 0.29) is 33.0 Å². The van der Waals surface area contributed by atoms with Crippen LogP contribution < -0.4 is 0 Å². The van der Waals surface area contributed by atoms with Gasteiger partial charge in [-0.1, -0.05) is 121 Å². The van der Waals surface area contributed by atoms with Crippen molar-refractivity contribution in [3.8, 4) is 5.75 Å². The van der Waals surface area contributed by atoms with Crippen LogP contribution >= 0.6 is 0 Å². The number of carbonyl (C=O) groups excluding carboxylic acids is 1. The van der Waals surface area contributed by atoms with Crippen LogP contribution in [0.4, 0.5) is 0 Å². The van der Waals surface area contributed by atoms with Gasteiger partial charge in [0, 0.05) is 17.1 Å². The predicted octanol–water partition coefficient (Wildman–Crippen LogP) is 10.7. The Morgan fingerprint density at radius 3 is 1.98 bits per heavy atom. The van der Waals surface area contributed by atoms with Crippen molar-refractivity contribution < 1.29 is 14.6 Å². The van der Waals surface area contributed by atoms with Gasteiger partial charge in [-0.25, -0.2) is 4.79 Å². The number of carbonyl (C=O) groups is 1. The molecule has 0 aromatic heterocycles. The van der Waals surface area contributed by atoms with Gasteiger partial charge in [-0.2, -0.15) is 0 Å². The number of allylic oxidation sites excluding steroid dienone is 3. The summed E-state index contributed by atoms with van der Waals surface area (Å²) in [6.45, 7) is 33.0. The van der Waals surface area contributed by atoms with Gasteiger partial charge in [-0.15, -0.1) is 0 Å². The largest absolute Gasteiger partial charge is 0.507 e. The fourth-order valence-electron chi connectivity index (χ4n) is 6.04. The second-order valence-electron chi connectivity index (χ2n) is 14.7. The summed E-state index contributed by atoms with van der Waals surface area (Å²) in [5.74, 6) is 0.651. The molecule has 1 N–H and O–H groups in total. The van der Waals surface area contributed by atoms with E-state index in [2.05, 4.69) is 115 Å². The molecule has 0 bridgehead atoms. The van der Waals surface area contributed by atoms with E-state index in [4.69, 9.17) is 4.74 Å². The number of hydrogen-bond acceptors (Lipinski definition) is 3. The molecule has 2 atom stereocenters. The first kappa shape index (κ1) is 33.9. The first-order valence-electron chi connectivity index (χ1n) is 15.5. The Bertz CT molecular complexity index is 1160. The third-order valence-electron chi connectivity index (χ3n) is 11.2. The first-order chi connectivity index (χ1) is 18.3. The SMILES string of the molecule is C=CC(=O)OC1=C(C(C)(C)CC)CC(C(C)c2cc(C(C)(C)CC)cc(C(C)(C)CC)c2O)(C(C)(C)CC)C=C1. The van der Waals surface area contributed by atoms with Crippen molar-refractivity contribution >= 4 is 5.97 Å². The summed E-state index contributed by atoms with van der Waals surface area (Å²) in [6, 6.07) is 4.53. The maximum atomic E-state index is 12.3. The highest BCUT2D eigenvalue weighted by molar-refractivity contribution is 5.82. The Kier molecular flexibility index (Phi) is 10.1. The van der Waals surface area contributed by atoms with E-state index in [0.717, 1.165) is 48.8 Å². The molecule has 2 rings (SSSR count). The Labute approximate surface area is 246 Å². The van der Waals surface area contributed by atoms with Crippen LogP contribution in [0.1, 0.15) is 145 Å². The number of aromatic hydroxyl groups is 1.